The first-order valence-corrected chi connectivity index (χ1v) is 4.82. The van der Waals surface area contributed by atoms with Gasteiger partial charge in [-0.25, -0.2) is 0 Å². The van der Waals surface area contributed by atoms with Gasteiger partial charge in [0.1, 0.15) is 5.25 Å². The number of hydrogen-bond donors (Lipinski definition) is 0. The van der Waals surface area contributed by atoms with Crippen molar-refractivity contribution in [2.24, 2.45) is 0 Å². The van der Waals surface area contributed by atoms with Crippen LogP contribution >= 0.6 is 11.8 Å². The summed E-state index contributed by atoms with van der Waals surface area (Å²) >= 11 is 1.48. The van der Waals surface area contributed by atoms with Crippen molar-refractivity contribution in [3.8, 4) is 0 Å². The third kappa shape index (κ3) is 3.11. The van der Waals surface area contributed by atoms with Crippen LogP contribution in [0, 0.1) is 6.07 Å². The van der Waals surface area contributed by atoms with Crippen molar-refractivity contribution in [2.75, 3.05) is 7.11 Å². The molecule has 2 nitrogen and oxygen atoms in total. The summed E-state index contributed by atoms with van der Waals surface area (Å²) in [6.45, 7) is 1.83. The Balaban J connectivity index is 2.55. The Bertz CT molecular complexity index is 272. The van der Waals surface area contributed by atoms with Crippen molar-refractivity contribution in [1.82, 2.24) is 0 Å². The van der Waals surface area contributed by atoms with Gasteiger partial charge in [0.15, 0.2) is 0 Å². The van der Waals surface area contributed by atoms with Gasteiger partial charge in [0.05, 0.1) is 7.11 Å². The van der Waals surface area contributed by atoms with Crippen LogP contribution in [0.1, 0.15) is 6.92 Å². The molecule has 3 heteroatoms. The van der Waals surface area contributed by atoms with E-state index in [-0.39, 0.29) is 11.2 Å². The molecule has 0 N–H and O–H groups in total. The van der Waals surface area contributed by atoms with Crippen molar-refractivity contribution in [3.05, 3.63) is 30.3 Å². The molecule has 1 atom stereocenters. The van der Waals surface area contributed by atoms with Gasteiger partial charge in [-0.15, -0.1) is 11.8 Å². The second-order valence-electron chi connectivity index (χ2n) is 2.52. The van der Waals surface area contributed by atoms with Crippen LogP contribution in [-0.2, 0) is 9.53 Å². The van der Waals surface area contributed by atoms with Crippen LogP contribution in [0.5, 0.6) is 0 Å². The van der Waals surface area contributed by atoms with E-state index in [1.807, 2.05) is 31.2 Å². The minimum Gasteiger partial charge on any atom is -0.468 e. The van der Waals surface area contributed by atoms with Crippen molar-refractivity contribution >= 4 is 17.7 Å². The number of carbonyl (C=O) groups excluding carboxylic acids is 1. The lowest BCUT2D eigenvalue weighted by molar-refractivity contribution is -0.139. The molecule has 0 aliphatic carbocycles. The van der Waals surface area contributed by atoms with Crippen LogP contribution in [0.2, 0.25) is 0 Å². The number of methoxy groups -OCH3 is 1. The number of rotatable bonds is 3. The fourth-order valence-electron chi connectivity index (χ4n) is 0.868. The van der Waals surface area contributed by atoms with Crippen LogP contribution in [0.25, 0.3) is 0 Å². The van der Waals surface area contributed by atoms with E-state index in [9.17, 15) is 4.79 Å². The molecule has 0 saturated heterocycles. The Morgan fingerprint density at radius 1 is 1.54 bits per heavy atom. The molecule has 0 aromatic heterocycles. The summed E-state index contributed by atoms with van der Waals surface area (Å²) in [5.41, 5.74) is 0. The van der Waals surface area contributed by atoms with E-state index in [1.54, 1.807) is 0 Å². The molecular weight excluding hydrogens is 184 g/mol. The number of hydrogen-bond acceptors (Lipinski definition) is 3. The first-order valence-electron chi connectivity index (χ1n) is 3.94. The second kappa shape index (κ2) is 4.92. The van der Waals surface area contributed by atoms with Gasteiger partial charge < -0.3 is 4.74 Å². The minimum atomic E-state index is -0.196. The summed E-state index contributed by atoms with van der Waals surface area (Å²) in [7, 11) is 1.40. The van der Waals surface area contributed by atoms with Crippen molar-refractivity contribution < 1.29 is 9.53 Å². The zero-order valence-corrected chi connectivity index (χ0v) is 8.43. The van der Waals surface area contributed by atoms with E-state index in [1.165, 1.54) is 18.9 Å². The van der Waals surface area contributed by atoms with Gasteiger partial charge >= 0.3 is 5.97 Å². The average molecular weight is 195 g/mol. The lowest BCUT2D eigenvalue weighted by Crippen LogP contribution is -2.14. The predicted molar refractivity (Wildman–Crippen MR) is 52.6 cm³/mol. The zero-order chi connectivity index (χ0) is 9.68. The highest BCUT2D eigenvalue weighted by molar-refractivity contribution is 8.00. The molecule has 13 heavy (non-hydrogen) atoms. The minimum absolute atomic E-state index is 0.160. The third-order valence-corrected chi connectivity index (χ3v) is 2.62. The number of ether oxygens (including phenoxy) is 1. The van der Waals surface area contributed by atoms with Crippen LogP contribution in [0.4, 0.5) is 0 Å². The standard InChI is InChI=1S/C10H11O2S/c1-8(10(11)12-2)13-9-6-4-3-5-7-9/h4-8H,1-2H3. The smallest absolute Gasteiger partial charge is 0.318 e. The molecule has 0 fully saturated rings. The van der Waals surface area contributed by atoms with Gasteiger partial charge in [0.25, 0.3) is 0 Å². The van der Waals surface area contributed by atoms with Gasteiger partial charge in [-0.1, -0.05) is 12.1 Å². The SMILES string of the molecule is COC(=O)C(C)Sc1cc[c]cc1. The molecule has 0 aliphatic heterocycles. The summed E-state index contributed by atoms with van der Waals surface area (Å²) in [6, 6.07) is 10.4. The first-order chi connectivity index (χ1) is 6.24. The van der Waals surface area contributed by atoms with Gasteiger partial charge in [-0.3, -0.25) is 4.79 Å². The van der Waals surface area contributed by atoms with E-state index in [0.717, 1.165) is 4.90 Å². The van der Waals surface area contributed by atoms with Gasteiger partial charge in [-0.05, 0) is 25.1 Å². The number of carbonyl (C=O) groups is 1. The lowest BCUT2D eigenvalue weighted by atomic mass is 10.4. The lowest BCUT2D eigenvalue weighted by Gasteiger charge is -2.07. The fraction of sp³-hybridized carbons (Fsp3) is 0.300. The molecule has 1 rings (SSSR count). The third-order valence-electron chi connectivity index (χ3n) is 1.53. The number of esters is 1. The maximum atomic E-state index is 11.1. The monoisotopic (exact) mass is 195 g/mol. The molecule has 0 spiro atoms. The van der Waals surface area contributed by atoms with E-state index < -0.39 is 0 Å². The van der Waals surface area contributed by atoms with E-state index in [2.05, 4.69) is 10.8 Å². The summed E-state index contributed by atoms with van der Waals surface area (Å²) in [5.74, 6) is -0.196. The Morgan fingerprint density at radius 3 is 2.69 bits per heavy atom. The van der Waals surface area contributed by atoms with E-state index >= 15 is 0 Å². The highest BCUT2D eigenvalue weighted by Crippen LogP contribution is 2.22. The summed E-state index contributed by atoms with van der Waals surface area (Å²) < 4.78 is 4.62. The average Bonchev–Trinajstić information content (AvgIpc) is 2.18. The van der Waals surface area contributed by atoms with Crippen molar-refractivity contribution in [2.45, 2.75) is 17.1 Å². The van der Waals surface area contributed by atoms with Crippen LogP contribution < -0.4 is 0 Å². The summed E-state index contributed by atoms with van der Waals surface area (Å²) in [4.78, 5) is 12.1. The van der Waals surface area contributed by atoms with Crippen LogP contribution in [0.3, 0.4) is 0 Å². The Hall–Kier alpha value is -0.960. The maximum absolute atomic E-state index is 11.1. The predicted octanol–water partition coefficient (Wildman–Crippen LogP) is 2.14. The molecule has 0 saturated carbocycles. The van der Waals surface area contributed by atoms with Gasteiger partial charge in [0, 0.05) is 4.90 Å². The molecule has 1 aromatic rings. The first kappa shape index (κ1) is 10.1. The van der Waals surface area contributed by atoms with Gasteiger partial charge in [-0.2, -0.15) is 0 Å². The topological polar surface area (TPSA) is 26.3 Å². The van der Waals surface area contributed by atoms with Crippen molar-refractivity contribution in [1.29, 1.82) is 0 Å². The molecule has 0 heterocycles. The Labute approximate surface area is 82.3 Å². The van der Waals surface area contributed by atoms with E-state index in [0.29, 0.717) is 0 Å². The summed E-state index contributed by atoms with van der Waals surface area (Å²) in [5, 5.41) is -0.160. The number of thioether (sulfide) groups is 1. The van der Waals surface area contributed by atoms with Crippen LogP contribution in [-0.4, -0.2) is 18.3 Å². The highest BCUT2D eigenvalue weighted by atomic mass is 32.2. The number of benzene rings is 1. The quantitative estimate of drug-likeness (QED) is 0.546. The molecular formula is C10H11O2S. The fourth-order valence-corrected chi connectivity index (χ4v) is 1.76. The molecule has 0 bridgehead atoms. The molecule has 0 amide bonds. The normalized spacial score (nSPS) is 12.2. The Morgan fingerprint density at radius 2 is 2.15 bits per heavy atom. The van der Waals surface area contributed by atoms with E-state index in [4.69, 9.17) is 0 Å². The molecule has 0 aliphatic rings. The molecule has 1 radical (unpaired) electrons. The molecule has 69 valence electrons. The molecule has 1 aromatic carbocycles. The summed E-state index contributed by atoms with van der Waals surface area (Å²) in [6.07, 6.45) is 0. The highest BCUT2D eigenvalue weighted by Gasteiger charge is 2.13. The maximum Gasteiger partial charge on any atom is 0.318 e. The molecule has 1 unspecified atom stereocenters. The van der Waals surface area contributed by atoms with Gasteiger partial charge in [0.2, 0.25) is 0 Å². The second-order valence-corrected chi connectivity index (χ2v) is 3.93. The Kier molecular flexibility index (Phi) is 3.83. The van der Waals surface area contributed by atoms with Crippen LogP contribution in [0.15, 0.2) is 29.2 Å². The zero-order valence-electron chi connectivity index (χ0n) is 7.61. The largest absolute Gasteiger partial charge is 0.468 e. The van der Waals surface area contributed by atoms with Crippen molar-refractivity contribution in [3.63, 3.8) is 0 Å².